The molecule has 2 rings (SSSR count). The zero-order valence-corrected chi connectivity index (χ0v) is 13.3. The van der Waals surface area contributed by atoms with Crippen molar-refractivity contribution in [2.75, 3.05) is 13.2 Å². The third kappa shape index (κ3) is 6.12. The molecule has 0 aliphatic carbocycles. The molecule has 4 nitrogen and oxygen atoms in total. The molecule has 1 unspecified atom stereocenters. The predicted molar refractivity (Wildman–Crippen MR) is 88.5 cm³/mol. The summed E-state index contributed by atoms with van der Waals surface area (Å²) in [7, 11) is 0. The van der Waals surface area contributed by atoms with E-state index in [1.165, 1.54) is 0 Å². The first-order chi connectivity index (χ1) is 11.3. The van der Waals surface area contributed by atoms with Crippen LogP contribution in [0.5, 0.6) is 5.75 Å². The summed E-state index contributed by atoms with van der Waals surface area (Å²) in [6.07, 6.45) is 0.830. The average molecular weight is 314 g/mol. The molecule has 122 valence electrons. The van der Waals surface area contributed by atoms with Gasteiger partial charge in [0.2, 0.25) is 0 Å². The van der Waals surface area contributed by atoms with Crippen molar-refractivity contribution in [2.45, 2.75) is 25.9 Å². The standard InChI is InChI=1S/C19H22O4/c1-2-3-14-21-15-18(16-10-6-4-7-11-16)23-19(20)22-17-12-8-5-9-13-17/h4-13,18H,2-3,14-15H2,1H3. The van der Waals surface area contributed by atoms with Gasteiger partial charge in [-0.3, -0.25) is 0 Å². The van der Waals surface area contributed by atoms with Crippen LogP contribution in [-0.2, 0) is 9.47 Å². The Morgan fingerprint density at radius 1 is 1.00 bits per heavy atom. The van der Waals surface area contributed by atoms with Gasteiger partial charge in [0, 0.05) is 6.61 Å². The maximum atomic E-state index is 12.0. The van der Waals surface area contributed by atoms with Crippen LogP contribution in [0.1, 0.15) is 31.4 Å². The van der Waals surface area contributed by atoms with Crippen molar-refractivity contribution in [3.05, 3.63) is 66.2 Å². The lowest BCUT2D eigenvalue weighted by Crippen LogP contribution is -2.19. The number of hydrogen-bond donors (Lipinski definition) is 0. The molecule has 0 aliphatic heterocycles. The predicted octanol–water partition coefficient (Wildman–Crippen LogP) is 4.76. The Kier molecular flexibility index (Phi) is 7.14. The number of carbonyl (C=O) groups excluding carboxylic acids is 1. The van der Waals surface area contributed by atoms with E-state index < -0.39 is 12.3 Å². The summed E-state index contributed by atoms with van der Waals surface area (Å²) in [6, 6.07) is 18.4. The number of unbranched alkanes of at least 4 members (excludes halogenated alkanes) is 1. The van der Waals surface area contributed by atoms with Gasteiger partial charge in [0.25, 0.3) is 0 Å². The molecule has 0 radical (unpaired) electrons. The molecule has 0 heterocycles. The first-order valence-electron chi connectivity index (χ1n) is 7.85. The Hall–Kier alpha value is -2.33. The van der Waals surface area contributed by atoms with Crippen LogP contribution in [0.25, 0.3) is 0 Å². The molecule has 0 fully saturated rings. The zero-order valence-electron chi connectivity index (χ0n) is 13.3. The highest BCUT2D eigenvalue weighted by molar-refractivity contribution is 5.64. The van der Waals surface area contributed by atoms with Crippen LogP contribution in [0, 0.1) is 0 Å². The van der Waals surface area contributed by atoms with Gasteiger partial charge in [-0.1, -0.05) is 61.9 Å². The fourth-order valence-electron chi connectivity index (χ4n) is 2.03. The molecule has 0 aliphatic rings. The van der Waals surface area contributed by atoms with Crippen LogP contribution in [0.2, 0.25) is 0 Å². The van der Waals surface area contributed by atoms with Crippen molar-refractivity contribution < 1.29 is 19.0 Å². The number of para-hydroxylation sites is 1. The number of benzene rings is 2. The minimum absolute atomic E-state index is 0.313. The van der Waals surface area contributed by atoms with Crippen LogP contribution in [-0.4, -0.2) is 19.4 Å². The molecule has 2 aromatic carbocycles. The van der Waals surface area contributed by atoms with Gasteiger partial charge < -0.3 is 14.2 Å². The molecule has 0 amide bonds. The second-order valence-corrected chi connectivity index (χ2v) is 5.11. The summed E-state index contributed by atoms with van der Waals surface area (Å²) in [5, 5.41) is 0. The highest BCUT2D eigenvalue weighted by Crippen LogP contribution is 2.19. The SMILES string of the molecule is CCCCOCC(OC(=O)Oc1ccccc1)c1ccccc1. The minimum Gasteiger partial charge on any atom is -0.423 e. The van der Waals surface area contributed by atoms with Crippen molar-refractivity contribution in [1.29, 1.82) is 0 Å². The van der Waals surface area contributed by atoms with Crippen LogP contribution in [0.3, 0.4) is 0 Å². The molecule has 0 saturated carbocycles. The van der Waals surface area contributed by atoms with Crippen molar-refractivity contribution in [1.82, 2.24) is 0 Å². The van der Waals surface area contributed by atoms with E-state index in [9.17, 15) is 4.79 Å². The molecule has 1 atom stereocenters. The van der Waals surface area contributed by atoms with Gasteiger partial charge in [0.1, 0.15) is 5.75 Å². The van der Waals surface area contributed by atoms with Gasteiger partial charge in [-0.2, -0.15) is 0 Å². The molecule has 0 bridgehead atoms. The summed E-state index contributed by atoms with van der Waals surface area (Å²) in [5.74, 6) is 0.455. The molecule has 0 saturated heterocycles. The Bertz CT molecular complexity index is 568. The Balaban J connectivity index is 1.94. The molecule has 2 aromatic rings. The molecule has 0 N–H and O–H groups in total. The Morgan fingerprint density at radius 3 is 2.30 bits per heavy atom. The zero-order chi connectivity index (χ0) is 16.3. The van der Waals surface area contributed by atoms with Gasteiger partial charge >= 0.3 is 6.16 Å². The molecule has 23 heavy (non-hydrogen) atoms. The molecule has 0 aromatic heterocycles. The summed E-state index contributed by atoms with van der Waals surface area (Å²) < 4.78 is 16.2. The number of ether oxygens (including phenoxy) is 3. The number of carbonyl (C=O) groups is 1. The van der Waals surface area contributed by atoms with Gasteiger partial charge in [-0.05, 0) is 24.1 Å². The molecular formula is C19H22O4. The van der Waals surface area contributed by atoms with E-state index in [1.807, 2.05) is 36.4 Å². The number of rotatable bonds is 8. The lowest BCUT2D eigenvalue weighted by atomic mass is 10.1. The fourth-order valence-corrected chi connectivity index (χ4v) is 2.03. The third-order valence-electron chi connectivity index (χ3n) is 3.27. The summed E-state index contributed by atoms with van der Waals surface area (Å²) >= 11 is 0. The smallest absolute Gasteiger partial charge is 0.423 e. The van der Waals surface area contributed by atoms with E-state index >= 15 is 0 Å². The molecule has 0 spiro atoms. The first kappa shape index (κ1) is 17.0. The highest BCUT2D eigenvalue weighted by Gasteiger charge is 2.18. The van der Waals surface area contributed by atoms with E-state index in [2.05, 4.69) is 6.92 Å². The van der Waals surface area contributed by atoms with Crippen LogP contribution in [0.4, 0.5) is 4.79 Å². The van der Waals surface area contributed by atoms with E-state index in [4.69, 9.17) is 14.2 Å². The van der Waals surface area contributed by atoms with Crippen molar-refractivity contribution >= 4 is 6.16 Å². The first-order valence-corrected chi connectivity index (χ1v) is 7.85. The van der Waals surface area contributed by atoms with Crippen LogP contribution >= 0.6 is 0 Å². The maximum Gasteiger partial charge on any atom is 0.514 e. The quantitative estimate of drug-likeness (QED) is 0.400. The van der Waals surface area contributed by atoms with Gasteiger partial charge in [0.15, 0.2) is 6.10 Å². The van der Waals surface area contributed by atoms with E-state index in [0.717, 1.165) is 18.4 Å². The number of hydrogen-bond acceptors (Lipinski definition) is 4. The lowest BCUT2D eigenvalue weighted by molar-refractivity contribution is 0.000124. The van der Waals surface area contributed by atoms with E-state index in [-0.39, 0.29) is 0 Å². The van der Waals surface area contributed by atoms with Gasteiger partial charge in [-0.15, -0.1) is 0 Å². The van der Waals surface area contributed by atoms with E-state index in [1.54, 1.807) is 24.3 Å². The average Bonchev–Trinajstić information content (AvgIpc) is 2.59. The normalized spacial score (nSPS) is 11.7. The van der Waals surface area contributed by atoms with Gasteiger partial charge in [0.05, 0.1) is 6.61 Å². The summed E-state index contributed by atoms with van der Waals surface area (Å²) in [5.41, 5.74) is 0.883. The van der Waals surface area contributed by atoms with E-state index in [0.29, 0.717) is 19.0 Å². The second kappa shape index (κ2) is 9.64. The van der Waals surface area contributed by atoms with Crippen molar-refractivity contribution in [2.24, 2.45) is 0 Å². The fraction of sp³-hybridized carbons (Fsp3) is 0.316. The van der Waals surface area contributed by atoms with Crippen molar-refractivity contribution in [3.63, 3.8) is 0 Å². The van der Waals surface area contributed by atoms with Gasteiger partial charge in [-0.25, -0.2) is 4.79 Å². The largest absolute Gasteiger partial charge is 0.514 e. The summed E-state index contributed by atoms with van der Waals surface area (Å²) in [6.45, 7) is 3.07. The minimum atomic E-state index is -0.732. The van der Waals surface area contributed by atoms with Crippen LogP contribution < -0.4 is 4.74 Å². The third-order valence-corrected chi connectivity index (χ3v) is 3.27. The van der Waals surface area contributed by atoms with Crippen molar-refractivity contribution in [3.8, 4) is 5.75 Å². The lowest BCUT2D eigenvalue weighted by Gasteiger charge is -2.18. The maximum absolute atomic E-state index is 12.0. The monoisotopic (exact) mass is 314 g/mol. The summed E-state index contributed by atoms with van der Waals surface area (Å²) in [4.78, 5) is 12.0. The highest BCUT2D eigenvalue weighted by atomic mass is 16.7. The topological polar surface area (TPSA) is 44.8 Å². The Labute approximate surface area is 137 Å². The second-order valence-electron chi connectivity index (χ2n) is 5.11. The molecular weight excluding hydrogens is 292 g/mol. The van der Waals surface area contributed by atoms with Crippen LogP contribution in [0.15, 0.2) is 60.7 Å². The Morgan fingerprint density at radius 2 is 1.65 bits per heavy atom. The molecule has 4 heteroatoms.